The lowest BCUT2D eigenvalue weighted by molar-refractivity contribution is 0.0951. The summed E-state index contributed by atoms with van der Waals surface area (Å²) in [5, 5.41) is 6.16. The zero-order valence-electron chi connectivity index (χ0n) is 12.1. The molecule has 110 valence electrons. The van der Waals surface area contributed by atoms with Crippen molar-refractivity contribution in [1.82, 2.24) is 10.3 Å². The number of carbonyl (C=O) groups is 1. The first-order chi connectivity index (χ1) is 9.69. The van der Waals surface area contributed by atoms with Gasteiger partial charge in [-0.25, -0.2) is 0 Å². The molecule has 0 atom stereocenters. The van der Waals surface area contributed by atoms with Gasteiger partial charge in [-0.1, -0.05) is 0 Å². The molecule has 5 heteroatoms. The standard InChI is InChI=1S/C15H24N4O/c1-2-17-15(20)14-9-13(7-8-18-14)19-10-11-3-5-12(16)6-4-11/h7-9,11-12H,2-6,10,16H2,1H3,(H,17,20)(H,18,19). The number of nitrogens with two attached hydrogens (primary N) is 1. The first-order valence-electron chi connectivity index (χ1n) is 7.42. The highest BCUT2D eigenvalue weighted by molar-refractivity contribution is 5.93. The topological polar surface area (TPSA) is 80.0 Å². The molecule has 1 fully saturated rings. The van der Waals surface area contributed by atoms with Gasteiger partial charge in [0.2, 0.25) is 0 Å². The normalized spacial score (nSPS) is 22.3. The predicted molar refractivity (Wildman–Crippen MR) is 80.7 cm³/mol. The van der Waals surface area contributed by atoms with Crippen molar-refractivity contribution in [2.75, 3.05) is 18.4 Å². The van der Waals surface area contributed by atoms with E-state index in [2.05, 4.69) is 15.6 Å². The average molecular weight is 276 g/mol. The lowest BCUT2D eigenvalue weighted by atomic mass is 9.86. The molecule has 0 bridgehead atoms. The van der Waals surface area contributed by atoms with Crippen molar-refractivity contribution in [2.45, 2.75) is 38.6 Å². The van der Waals surface area contributed by atoms with E-state index in [4.69, 9.17) is 5.73 Å². The fourth-order valence-electron chi connectivity index (χ4n) is 2.57. The number of nitrogens with one attached hydrogen (secondary N) is 2. The summed E-state index contributed by atoms with van der Waals surface area (Å²) in [5.41, 5.74) is 7.33. The third-order valence-corrected chi connectivity index (χ3v) is 3.82. The lowest BCUT2D eigenvalue weighted by Crippen LogP contribution is -2.29. The minimum absolute atomic E-state index is 0.125. The van der Waals surface area contributed by atoms with Gasteiger partial charge in [-0.05, 0) is 50.7 Å². The summed E-state index contributed by atoms with van der Waals surface area (Å²) < 4.78 is 0. The van der Waals surface area contributed by atoms with Crippen LogP contribution in [0.3, 0.4) is 0 Å². The van der Waals surface area contributed by atoms with Crippen LogP contribution < -0.4 is 16.4 Å². The molecule has 0 radical (unpaired) electrons. The number of nitrogens with zero attached hydrogens (tertiary/aromatic N) is 1. The van der Waals surface area contributed by atoms with Gasteiger partial charge in [0.25, 0.3) is 5.91 Å². The summed E-state index contributed by atoms with van der Waals surface area (Å²) in [6.45, 7) is 3.44. The largest absolute Gasteiger partial charge is 0.385 e. The minimum Gasteiger partial charge on any atom is -0.385 e. The molecule has 0 aromatic carbocycles. The zero-order chi connectivity index (χ0) is 14.4. The second-order valence-electron chi connectivity index (χ2n) is 5.45. The van der Waals surface area contributed by atoms with Gasteiger partial charge in [0, 0.05) is 31.0 Å². The number of anilines is 1. The number of amides is 1. The van der Waals surface area contributed by atoms with Crippen LogP contribution in [0.1, 0.15) is 43.1 Å². The van der Waals surface area contributed by atoms with Gasteiger partial charge >= 0.3 is 0 Å². The van der Waals surface area contributed by atoms with Crippen LogP contribution in [0, 0.1) is 5.92 Å². The predicted octanol–water partition coefficient (Wildman–Crippen LogP) is 1.76. The van der Waals surface area contributed by atoms with Crippen molar-refractivity contribution >= 4 is 11.6 Å². The number of hydrogen-bond acceptors (Lipinski definition) is 4. The number of hydrogen-bond donors (Lipinski definition) is 3. The van der Waals surface area contributed by atoms with Crippen LogP contribution in [0.15, 0.2) is 18.3 Å². The Morgan fingerprint density at radius 2 is 2.15 bits per heavy atom. The zero-order valence-corrected chi connectivity index (χ0v) is 12.1. The van der Waals surface area contributed by atoms with E-state index >= 15 is 0 Å². The first-order valence-corrected chi connectivity index (χ1v) is 7.42. The van der Waals surface area contributed by atoms with Crippen molar-refractivity contribution < 1.29 is 4.79 Å². The third kappa shape index (κ3) is 4.20. The van der Waals surface area contributed by atoms with Crippen LogP contribution >= 0.6 is 0 Å². The van der Waals surface area contributed by atoms with Crippen LogP contribution in [0.25, 0.3) is 0 Å². The fourth-order valence-corrected chi connectivity index (χ4v) is 2.57. The van der Waals surface area contributed by atoms with Crippen LogP contribution in [0.2, 0.25) is 0 Å². The van der Waals surface area contributed by atoms with Crippen molar-refractivity contribution in [1.29, 1.82) is 0 Å². The van der Waals surface area contributed by atoms with Crippen molar-refractivity contribution in [2.24, 2.45) is 11.7 Å². The summed E-state index contributed by atoms with van der Waals surface area (Å²) in [6, 6.07) is 4.09. The summed E-state index contributed by atoms with van der Waals surface area (Å²) in [7, 11) is 0. The Labute approximate surface area is 120 Å². The molecule has 1 aromatic heterocycles. The van der Waals surface area contributed by atoms with Gasteiger partial charge in [0.15, 0.2) is 0 Å². The number of aromatic nitrogens is 1. The van der Waals surface area contributed by atoms with E-state index in [1.807, 2.05) is 13.0 Å². The molecule has 1 aliphatic rings. The van der Waals surface area contributed by atoms with E-state index in [0.29, 0.717) is 24.2 Å². The molecule has 1 saturated carbocycles. The number of rotatable bonds is 5. The van der Waals surface area contributed by atoms with E-state index in [1.54, 1.807) is 12.3 Å². The van der Waals surface area contributed by atoms with Crippen molar-refractivity contribution in [3.8, 4) is 0 Å². The Morgan fingerprint density at radius 1 is 1.40 bits per heavy atom. The summed E-state index contributed by atoms with van der Waals surface area (Å²) in [6.07, 6.45) is 6.27. The van der Waals surface area contributed by atoms with E-state index in [9.17, 15) is 4.79 Å². The van der Waals surface area contributed by atoms with Gasteiger partial charge in [-0.15, -0.1) is 0 Å². The highest BCUT2D eigenvalue weighted by Gasteiger charge is 2.18. The van der Waals surface area contributed by atoms with Gasteiger partial charge in [-0.3, -0.25) is 9.78 Å². The molecule has 20 heavy (non-hydrogen) atoms. The molecule has 1 amide bonds. The smallest absolute Gasteiger partial charge is 0.269 e. The molecule has 0 spiro atoms. The third-order valence-electron chi connectivity index (χ3n) is 3.82. The highest BCUT2D eigenvalue weighted by Crippen LogP contribution is 2.23. The van der Waals surface area contributed by atoms with Gasteiger partial charge in [0.05, 0.1) is 0 Å². The maximum atomic E-state index is 11.7. The Hall–Kier alpha value is -1.62. The van der Waals surface area contributed by atoms with E-state index in [0.717, 1.165) is 25.1 Å². The van der Waals surface area contributed by atoms with Crippen molar-refractivity contribution in [3.63, 3.8) is 0 Å². The van der Waals surface area contributed by atoms with Crippen molar-refractivity contribution in [3.05, 3.63) is 24.0 Å². The van der Waals surface area contributed by atoms with E-state index in [1.165, 1.54) is 12.8 Å². The molecule has 0 unspecified atom stereocenters. The molecular weight excluding hydrogens is 252 g/mol. The minimum atomic E-state index is -0.125. The quantitative estimate of drug-likeness (QED) is 0.765. The summed E-state index contributed by atoms with van der Waals surface area (Å²) in [5.74, 6) is 0.552. The molecule has 0 aliphatic heterocycles. The highest BCUT2D eigenvalue weighted by atomic mass is 16.1. The SMILES string of the molecule is CCNC(=O)c1cc(NCC2CCC(N)CC2)ccn1. The van der Waals surface area contributed by atoms with E-state index < -0.39 is 0 Å². The molecule has 0 saturated heterocycles. The number of pyridine rings is 1. The Kier molecular flexibility index (Phi) is 5.35. The van der Waals surface area contributed by atoms with Crippen LogP contribution in [-0.2, 0) is 0 Å². The lowest BCUT2D eigenvalue weighted by Gasteiger charge is -2.26. The second kappa shape index (κ2) is 7.24. The molecular formula is C15H24N4O. The molecule has 5 nitrogen and oxygen atoms in total. The van der Waals surface area contributed by atoms with Crippen LogP contribution in [0.5, 0.6) is 0 Å². The Morgan fingerprint density at radius 3 is 2.85 bits per heavy atom. The van der Waals surface area contributed by atoms with Crippen LogP contribution in [-0.4, -0.2) is 30.0 Å². The molecule has 4 N–H and O–H groups in total. The molecule has 2 rings (SSSR count). The molecule has 1 aliphatic carbocycles. The summed E-state index contributed by atoms with van der Waals surface area (Å²) >= 11 is 0. The molecule has 1 aromatic rings. The van der Waals surface area contributed by atoms with Gasteiger partial charge < -0.3 is 16.4 Å². The summed E-state index contributed by atoms with van der Waals surface area (Å²) in [4.78, 5) is 15.8. The molecule has 1 heterocycles. The monoisotopic (exact) mass is 276 g/mol. The van der Waals surface area contributed by atoms with E-state index in [-0.39, 0.29) is 5.91 Å². The fraction of sp³-hybridized carbons (Fsp3) is 0.600. The Balaban J connectivity index is 1.86. The second-order valence-corrected chi connectivity index (χ2v) is 5.45. The first kappa shape index (κ1) is 14.8. The maximum Gasteiger partial charge on any atom is 0.269 e. The van der Waals surface area contributed by atoms with Gasteiger partial charge in [-0.2, -0.15) is 0 Å². The maximum absolute atomic E-state index is 11.7. The van der Waals surface area contributed by atoms with Crippen LogP contribution in [0.4, 0.5) is 5.69 Å². The Bertz CT molecular complexity index is 441. The number of carbonyl (C=O) groups excluding carboxylic acids is 1. The average Bonchev–Trinajstić information content (AvgIpc) is 2.47. The van der Waals surface area contributed by atoms with Gasteiger partial charge in [0.1, 0.15) is 5.69 Å².